The van der Waals surface area contributed by atoms with Crippen LogP contribution in [0.15, 0.2) is 48.5 Å². The Balaban J connectivity index is 1.88. The standard InChI is InChI=1S/C23H28N2O5/c1-5-30-23(27)13-8-17-6-10-19(11-7-17)24-22(26)16-25(2)15-18-9-12-20(28-3)14-21(18)29-4/h6-14H,5,15-16H2,1-4H3,(H,24,26)/b13-8+. The highest BCUT2D eigenvalue weighted by atomic mass is 16.5. The van der Waals surface area contributed by atoms with Crippen molar-refractivity contribution in [3.63, 3.8) is 0 Å². The molecule has 1 N–H and O–H groups in total. The van der Waals surface area contributed by atoms with Gasteiger partial charge in [-0.1, -0.05) is 18.2 Å². The quantitative estimate of drug-likeness (QED) is 0.476. The van der Waals surface area contributed by atoms with Gasteiger partial charge in [0.15, 0.2) is 0 Å². The van der Waals surface area contributed by atoms with Gasteiger partial charge in [-0.05, 0) is 43.8 Å². The van der Waals surface area contributed by atoms with E-state index in [9.17, 15) is 9.59 Å². The summed E-state index contributed by atoms with van der Waals surface area (Å²) in [6.07, 6.45) is 3.04. The van der Waals surface area contributed by atoms with Crippen molar-refractivity contribution in [3.05, 3.63) is 59.7 Å². The van der Waals surface area contributed by atoms with Gasteiger partial charge >= 0.3 is 5.97 Å². The van der Waals surface area contributed by atoms with Crippen LogP contribution in [0, 0.1) is 0 Å². The van der Waals surface area contributed by atoms with Gasteiger partial charge in [-0.3, -0.25) is 9.69 Å². The van der Waals surface area contributed by atoms with E-state index < -0.39 is 0 Å². The fourth-order valence-electron chi connectivity index (χ4n) is 2.81. The number of rotatable bonds is 10. The van der Waals surface area contributed by atoms with Crippen LogP contribution >= 0.6 is 0 Å². The van der Waals surface area contributed by atoms with E-state index in [4.69, 9.17) is 14.2 Å². The minimum atomic E-state index is -0.383. The number of esters is 1. The zero-order valence-electron chi connectivity index (χ0n) is 17.8. The molecule has 0 radical (unpaired) electrons. The summed E-state index contributed by atoms with van der Waals surface area (Å²) in [5, 5.41) is 2.87. The lowest BCUT2D eigenvalue weighted by Crippen LogP contribution is -2.29. The molecule has 160 valence electrons. The van der Waals surface area contributed by atoms with E-state index in [1.165, 1.54) is 6.08 Å². The fraction of sp³-hybridized carbons (Fsp3) is 0.304. The minimum absolute atomic E-state index is 0.125. The molecule has 0 aliphatic rings. The third-order valence-electron chi connectivity index (χ3n) is 4.24. The van der Waals surface area contributed by atoms with Gasteiger partial charge in [-0.15, -0.1) is 0 Å². The van der Waals surface area contributed by atoms with Crippen LogP contribution in [0.1, 0.15) is 18.1 Å². The van der Waals surface area contributed by atoms with Crippen LogP contribution in [0.5, 0.6) is 11.5 Å². The third-order valence-corrected chi connectivity index (χ3v) is 4.24. The number of nitrogens with zero attached hydrogens (tertiary/aromatic N) is 1. The molecule has 0 bridgehead atoms. The number of carbonyl (C=O) groups is 2. The molecule has 0 saturated carbocycles. The molecule has 0 fully saturated rings. The van der Waals surface area contributed by atoms with Gasteiger partial charge in [-0.2, -0.15) is 0 Å². The first-order chi connectivity index (χ1) is 14.4. The number of likely N-dealkylation sites (N-methyl/N-ethyl adjacent to an activating group) is 1. The number of anilines is 1. The van der Waals surface area contributed by atoms with E-state index in [1.807, 2.05) is 42.3 Å². The second kappa shape index (κ2) is 11.6. The number of amides is 1. The molecule has 0 atom stereocenters. The van der Waals surface area contributed by atoms with Crippen LogP contribution in [0.25, 0.3) is 6.08 Å². The Morgan fingerprint density at radius 1 is 1.07 bits per heavy atom. The minimum Gasteiger partial charge on any atom is -0.497 e. The zero-order chi connectivity index (χ0) is 21.9. The molecule has 30 heavy (non-hydrogen) atoms. The van der Waals surface area contributed by atoms with Crippen LogP contribution in [0.4, 0.5) is 5.69 Å². The van der Waals surface area contributed by atoms with E-state index in [1.54, 1.807) is 39.4 Å². The van der Waals surface area contributed by atoms with Gasteiger partial charge in [-0.25, -0.2) is 4.79 Å². The molecule has 0 aliphatic heterocycles. The number of hydrogen-bond acceptors (Lipinski definition) is 6. The fourth-order valence-corrected chi connectivity index (χ4v) is 2.81. The van der Waals surface area contributed by atoms with E-state index in [0.29, 0.717) is 24.6 Å². The number of ether oxygens (including phenoxy) is 3. The van der Waals surface area contributed by atoms with Crippen molar-refractivity contribution in [2.75, 3.05) is 39.7 Å². The highest BCUT2D eigenvalue weighted by Crippen LogP contribution is 2.25. The molecule has 0 unspecified atom stereocenters. The summed E-state index contributed by atoms with van der Waals surface area (Å²) in [7, 11) is 5.08. The number of methoxy groups -OCH3 is 2. The first-order valence-electron chi connectivity index (χ1n) is 9.59. The highest BCUT2D eigenvalue weighted by molar-refractivity contribution is 5.92. The lowest BCUT2D eigenvalue weighted by molar-refractivity contribution is -0.137. The first-order valence-corrected chi connectivity index (χ1v) is 9.59. The van der Waals surface area contributed by atoms with Gasteiger partial charge in [0.2, 0.25) is 5.91 Å². The Morgan fingerprint density at radius 2 is 1.80 bits per heavy atom. The summed E-state index contributed by atoms with van der Waals surface area (Å²) >= 11 is 0. The predicted molar refractivity (Wildman–Crippen MR) is 117 cm³/mol. The molecule has 0 heterocycles. The molecule has 7 heteroatoms. The molecular formula is C23H28N2O5. The van der Waals surface area contributed by atoms with E-state index in [-0.39, 0.29) is 18.4 Å². The van der Waals surface area contributed by atoms with E-state index in [2.05, 4.69) is 5.32 Å². The molecule has 0 saturated heterocycles. The summed E-state index contributed by atoms with van der Waals surface area (Å²) in [4.78, 5) is 25.6. The van der Waals surface area contributed by atoms with E-state index in [0.717, 1.165) is 16.9 Å². The van der Waals surface area contributed by atoms with Gasteiger partial charge in [0.05, 0.1) is 27.4 Å². The second-order valence-corrected chi connectivity index (χ2v) is 6.61. The molecule has 0 aromatic heterocycles. The van der Waals surface area contributed by atoms with Crippen LogP contribution in [-0.2, 0) is 20.9 Å². The van der Waals surface area contributed by atoms with Gasteiger partial charge < -0.3 is 19.5 Å². The van der Waals surface area contributed by atoms with Crippen LogP contribution in [0.2, 0.25) is 0 Å². The van der Waals surface area contributed by atoms with Crippen molar-refractivity contribution >= 4 is 23.6 Å². The van der Waals surface area contributed by atoms with Crippen molar-refractivity contribution in [2.45, 2.75) is 13.5 Å². The topological polar surface area (TPSA) is 77.1 Å². The lowest BCUT2D eigenvalue weighted by Gasteiger charge is -2.18. The van der Waals surface area contributed by atoms with Crippen molar-refractivity contribution < 1.29 is 23.8 Å². The molecule has 2 rings (SSSR count). The largest absolute Gasteiger partial charge is 0.497 e. The Bertz CT molecular complexity index is 878. The molecule has 2 aromatic carbocycles. The van der Waals surface area contributed by atoms with Crippen molar-refractivity contribution in [1.82, 2.24) is 4.90 Å². The van der Waals surface area contributed by atoms with Crippen LogP contribution < -0.4 is 14.8 Å². The van der Waals surface area contributed by atoms with Crippen LogP contribution in [-0.4, -0.2) is 51.2 Å². The number of carbonyl (C=O) groups excluding carboxylic acids is 2. The summed E-state index contributed by atoms with van der Waals surface area (Å²) in [5.41, 5.74) is 2.49. The van der Waals surface area contributed by atoms with Crippen molar-refractivity contribution in [1.29, 1.82) is 0 Å². The highest BCUT2D eigenvalue weighted by Gasteiger charge is 2.11. The maximum Gasteiger partial charge on any atom is 0.330 e. The SMILES string of the molecule is CCOC(=O)/C=C/c1ccc(NC(=O)CN(C)Cc2ccc(OC)cc2OC)cc1. The van der Waals surface area contributed by atoms with Gasteiger partial charge in [0.1, 0.15) is 11.5 Å². The molecule has 7 nitrogen and oxygen atoms in total. The molecule has 0 spiro atoms. The summed E-state index contributed by atoms with van der Waals surface area (Å²) in [6, 6.07) is 12.8. The molecule has 0 aliphatic carbocycles. The molecule has 1 amide bonds. The maximum absolute atomic E-state index is 12.4. The lowest BCUT2D eigenvalue weighted by atomic mass is 10.1. The summed E-state index contributed by atoms with van der Waals surface area (Å²) in [5.74, 6) is 0.927. The number of nitrogens with one attached hydrogen (secondary N) is 1. The third kappa shape index (κ3) is 7.25. The Kier molecular flexibility index (Phi) is 8.90. The Hall–Kier alpha value is -3.32. The normalized spacial score (nSPS) is 10.8. The van der Waals surface area contributed by atoms with Crippen LogP contribution in [0.3, 0.4) is 0 Å². The Morgan fingerprint density at radius 3 is 2.43 bits per heavy atom. The molecule has 2 aromatic rings. The molecular weight excluding hydrogens is 384 g/mol. The Labute approximate surface area is 177 Å². The second-order valence-electron chi connectivity index (χ2n) is 6.61. The van der Waals surface area contributed by atoms with E-state index >= 15 is 0 Å². The maximum atomic E-state index is 12.4. The summed E-state index contributed by atoms with van der Waals surface area (Å²) in [6.45, 7) is 2.87. The number of hydrogen-bond donors (Lipinski definition) is 1. The number of benzene rings is 2. The van der Waals surface area contributed by atoms with Crippen molar-refractivity contribution in [2.24, 2.45) is 0 Å². The zero-order valence-corrected chi connectivity index (χ0v) is 17.8. The summed E-state index contributed by atoms with van der Waals surface area (Å²) < 4.78 is 15.5. The first kappa shape index (κ1) is 23.0. The van der Waals surface area contributed by atoms with Crippen molar-refractivity contribution in [3.8, 4) is 11.5 Å². The average Bonchev–Trinajstić information content (AvgIpc) is 2.73. The average molecular weight is 412 g/mol. The van der Waals surface area contributed by atoms with Gasteiger partial charge in [0, 0.05) is 29.9 Å². The monoisotopic (exact) mass is 412 g/mol. The smallest absolute Gasteiger partial charge is 0.330 e. The predicted octanol–water partition coefficient (Wildman–Crippen LogP) is 3.35. The van der Waals surface area contributed by atoms with Gasteiger partial charge in [0.25, 0.3) is 0 Å².